The summed E-state index contributed by atoms with van der Waals surface area (Å²) < 4.78 is 0. The van der Waals surface area contributed by atoms with Gasteiger partial charge in [-0.1, -0.05) is 69.4 Å². The Hall–Kier alpha value is -0.490. The fraction of sp³-hybridized carbons (Fsp3) is 0.625. The maximum absolute atomic E-state index is 6.06. The third-order valence-electron chi connectivity index (χ3n) is 3.30. The van der Waals surface area contributed by atoms with Crippen LogP contribution in [0.4, 0.5) is 0 Å². The van der Waals surface area contributed by atoms with Gasteiger partial charge in [0.15, 0.2) is 0 Å². The van der Waals surface area contributed by atoms with Gasteiger partial charge in [-0.3, -0.25) is 0 Å². The number of alkyl halides is 1. The molecule has 0 aliphatic rings. The number of rotatable bonds is 9. The van der Waals surface area contributed by atoms with Gasteiger partial charge in [-0.25, -0.2) is 0 Å². The first-order valence-corrected chi connectivity index (χ1v) is 7.50. The van der Waals surface area contributed by atoms with E-state index in [1.165, 1.54) is 44.1 Å². The Morgan fingerprint density at radius 1 is 1.00 bits per heavy atom. The van der Waals surface area contributed by atoms with Crippen molar-refractivity contribution in [2.45, 2.75) is 51.9 Å². The summed E-state index contributed by atoms with van der Waals surface area (Å²) in [4.78, 5) is 0. The molecule has 1 atom stereocenters. The smallest absolute Gasteiger partial charge is 0.0254 e. The Labute approximate surface area is 111 Å². The molecule has 0 saturated heterocycles. The van der Waals surface area contributed by atoms with Crippen LogP contribution in [0.2, 0.25) is 0 Å². The predicted molar refractivity (Wildman–Crippen MR) is 77.7 cm³/mol. The topological polar surface area (TPSA) is 0 Å². The highest BCUT2D eigenvalue weighted by molar-refractivity contribution is 6.18. The van der Waals surface area contributed by atoms with Gasteiger partial charge in [0.2, 0.25) is 0 Å². The van der Waals surface area contributed by atoms with E-state index in [9.17, 15) is 0 Å². The molecule has 0 spiro atoms. The molecule has 1 aromatic carbocycles. The van der Waals surface area contributed by atoms with Crippen molar-refractivity contribution < 1.29 is 0 Å². The summed E-state index contributed by atoms with van der Waals surface area (Å²) in [5.41, 5.74) is 1.42. The molecule has 1 heteroatoms. The van der Waals surface area contributed by atoms with Gasteiger partial charge in [0.05, 0.1) is 0 Å². The largest absolute Gasteiger partial charge is 0.126 e. The lowest BCUT2D eigenvalue weighted by atomic mass is 9.95. The Morgan fingerprint density at radius 3 is 2.35 bits per heavy atom. The van der Waals surface area contributed by atoms with Crippen molar-refractivity contribution in [2.75, 3.05) is 5.88 Å². The second kappa shape index (κ2) is 9.53. The molecule has 17 heavy (non-hydrogen) atoms. The summed E-state index contributed by atoms with van der Waals surface area (Å²) in [6, 6.07) is 10.7. The summed E-state index contributed by atoms with van der Waals surface area (Å²) in [5.74, 6) is 1.45. The highest BCUT2D eigenvalue weighted by Gasteiger charge is 2.07. The molecule has 1 rings (SSSR count). The van der Waals surface area contributed by atoms with E-state index in [1.54, 1.807) is 0 Å². The van der Waals surface area contributed by atoms with Crippen LogP contribution in [0.25, 0.3) is 0 Å². The summed E-state index contributed by atoms with van der Waals surface area (Å²) in [6.07, 6.45) is 9.21. The van der Waals surface area contributed by atoms with Gasteiger partial charge in [0.25, 0.3) is 0 Å². The molecule has 0 aromatic heterocycles. The van der Waals surface area contributed by atoms with Gasteiger partial charge in [0.1, 0.15) is 0 Å². The summed E-state index contributed by atoms with van der Waals surface area (Å²) in [7, 11) is 0. The molecule has 1 unspecified atom stereocenters. The van der Waals surface area contributed by atoms with Gasteiger partial charge in [0, 0.05) is 5.88 Å². The van der Waals surface area contributed by atoms with Crippen molar-refractivity contribution in [2.24, 2.45) is 5.92 Å². The maximum Gasteiger partial charge on any atom is 0.0254 e. The van der Waals surface area contributed by atoms with Gasteiger partial charge < -0.3 is 0 Å². The molecule has 0 nitrogen and oxygen atoms in total. The van der Waals surface area contributed by atoms with Crippen LogP contribution in [0.1, 0.15) is 51.0 Å². The predicted octanol–water partition coefficient (Wildman–Crippen LogP) is 5.44. The number of hydrogen-bond donors (Lipinski definition) is 0. The lowest BCUT2D eigenvalue weighted by Crippen LogP contribution is -2.06. The van der Waals surface area contributed by atoms with E-state index >= 15 is 0 Å². The Kier molecular flexibility index (Phi) is 8.17. The minimum Gasteiger partial charge on any atom is -0.126 e. The van der Waals surface area contributed by atoms with Gasteiger partial charge in [-0.15, -0.1) is 11.6 Å². The van der Waals surface area contributed by atoms with Crippen molar-refractivity contribution in [3.05, 3.63) is 35.9 Å². The second-order valence-corrected chi connectivity index (χ2v) is 5.22. The third-order valence-corrected chi connectivity index (χ3v) is 3.74. The second-order valence-electron chi connectivity index (χ2n) is 4.91. The van der Waals surface area contributed by atoms with Crippen molar-refractivity contribution in [1.82, 2.24) is 0 Å². The van der Waals surface area contributed by atoms with E-state index < -0.39 is 0 Å². The molecule has 0 heterocycles. The minimum atomic E-state index is 0.653. The lowest BCUT2D eigenvalue weighted by molar-refractivity contribution is 0.488. The van der Waals surface area contributed by atoms with Crippen molar-refractivity contribution in [3.8, 4) is 0 Å². The Bertz CT molecular complexity index is 268. The Morgan fingerprint density at radius 2 is 1.71 bits per heavy atom. The molecule has 1 aromatic rings. The number of halogens is 1. The quantitative estimate of drug-likeness (QED) is 0.405. The van der Waals surface area contributed by atoms with Gasteiger partial charge in [-0.2, -0.15) is 0 Å². The van der Waals surface area contributed by atoms with Crippen LogP contribution in [-0.4, -0.2) is 5.88 Å². The van der Waals surface area contributed by atoms with Gasteiger partial charge in [-0.05, 0) is 24.3 Å². The lowest BCUT2D eigenvalue weighted by Gasteiger charge is -2.13. The van der Waals surface area contributed by atoms with Crippen molar-refractivity contribution >= 4 is 11.6 Å². The maximum atomic E-state index is 6.06. The summed E-state index contributed by atoms with van der Waals surface area (Å²) in [5, 5.41) is 0. The third kappa shape index (κ3) is 6.73. The zero-order valence-electron chi connectivity index (χ0n) is 11.0. The van der Waals surface area contributed by atoms with Crippen LogP contribution in [0, 0.1) is 5.92 Å². The van der Waals surface area contributed by atoms with E-state index in [4.69, 9.17) is 11.6 Å². The van der Waals surface area contributed by atoms with Crippen LogP contribution in [0.5, 0.6) is 0 Å². The molecule has 96 valence electrons. The van der Waals surface area contributed by atoms with Crippen LogP contribution in [0.3, 0.4) is 0 Å². The average Bonchev–Trinajstić information content (AvgIpc) is 2.38. The normalized spacial score (nSPS) is 12.6. The first-order valence-electron chi connectivity index (χ1n) is 6.96. The molecule has 0 saturated carbocycles. The molecular formula is C16H25Cl. The number of benzene rings is 1. The van der Waals surface area contributed by atoms with Crippen molar-refractivity contribution in [3.63, 3.8) is 0 Å². The van der Waals surface area contributed by atoms with E-state index in [-0.39, 0.29) is 0 Å². The monoisotopic (exact) mass is 252 g/mol. The minimum absolute atomic E-state index is 0.653. The molecule has 0 fully saturated rings. The molecule has 0 N–H and O–H groups in total. The summed E-state index contributed by atoms with van der Waals surface area (Å²) in [6.45, 7) is 2.26. The molecular weight excluding hydrogens is 228 g/mol. The average molecular weight is 253 g/mol. The number of unbranched alkanes of at least 4 members (excludes halogenated alkanes) is 4. The standard InChI is InChI=1S/C16H25Cl/c1-2-3-4-5-7-12-16(14-17)13-15-10-8-6-9-11-15/h6,8-11,16H,2-5,7,12-14H2,1H3. The van der Waals surface area contributed by atoms with Crippen molar-refractivity contribution in [1.29, 1.82) is 0 Å². The Balaban J connectivity index is 2.20. The van der Waals surface area contributed by atoms with E-state index in [1.807, 2.05) is 0 Å². The van der Waals surface area contributed by atoms with Crippen LogP contribution in [0.15, 0.2) is 30.3 Å². The first-order chi connectivity index (χ1) is 8.36. The highest BCUT2D eigenvalue weighted by atomic mass is 35.5. The number of hydrogen-bond acceptors (Lipinski definition) is 0. The van der Waals surface area contributed by atoms with Crippen LogP contribution in [-0.2, 0) is 6.42 Å². The molecule has 0 aliphatic carbocycles. The van der Waals surface area contributed by atoms with E-state index in [0.29, 0.717) is 5.92 Å². The molecule has 0 aliphatic heterocycles. The zero-order chi connectivity index (χ0) is 12.3. The molecule has 0 amide bonds. The van der Waals surface area contributed by atoms with E-state index in [2.05, 4.69) is 37.3 Å². The SMILES string of the molecule is CCCCCCCC(CCl)Cc1ccccc1. The highest BCUT2D eigenvalue weighted by Crippen LogP contribution is 2.18. The zero-order valence-corrected chi connectivity index (χ0v) is 11.8. The van der Waals surface area contributed by atoms with Crippen LogP contribution >= 0.6 is 11.6 Å². The van der Waals surface area contributed by atoms with E-state index in [0.717, 1.165) is 12.3 Å². The molecule has 0 radical (unpaired) electrons. The molecule has 0 bridgehead atoms. The van der Waals surface area contributed by atoms with Crippen LogP contribution < -0.4 is 0 Å². The fourth-order valence-electron chi connectivity index (χ4n) is 2.22. The van der Waals surface area contributed by atoms with Gasteiger partial charge >= 0.3 is 0 Å². The first kappa shape index (κ1) is 14.6. The fourth-order valence-corrected chi connectivity index (χ4v) is 2.48. The summed E-state index contributed by atoms with van der Waals surface area (Å²) >= 11 is 6.06.